The standard InChI is InChI=1S/C25H31N5O2S/c1-25(2)9-6-19(7-10-25)20-16-18(8-11-30-12-14-33(32)15-13-30)4-5-21(20)28-24(31)23-27-17-22(26-3)29-23/h4-6,16-17H,7-15H2,1-2H3,(H,27,29)(H,28,31). The first-order valence-electron chi connectivity index (χ1n) is 11.5. The number of carbonyl (C=O) groups excluding carboxylic acids is 1. The van der Waals surface area contributed by atoms with Gasteiger partial charge in [-0.2, -0.15) is 0 Å². The van der Waals surface area contributed by atoms with Crippen molar-refractivity contribution < 1.29 is 9.00 Å². The van der Waals surface area contributed by atoms with Crippen molar-refractivity contribution in [1.29, 1.82) is 0 Å². The molecule has 7 nitrogen and oxygen atoms in total. The number of nitrogens with zero attached hydrogens (tertiary/aromatic N) is 3. The number of benzene rings is 1. The van der Waals surface area contributed by atoms with Crippen molar-refractivity contribution in [3.63, 3.8) is 0 Å². The summed E-state index contributed by atoms with van der Waals surface area (Å²) in [6.45, 7) is 14.4. The molecule has 4 rings (SSSR count). The Kier molecular flexibility index (Phi) is 7.11. The molecule has 2 aromatic rings. The van der Waals surface area contributed by atoms with Crippen molar-refractivity contribution in [3.05, 3.63) is 58.8 Å². The molecule has 1 amide bonds. The first-order chi connectivity index (χ1) is 15.8. The number of imidazole rings is 1. The highest BCUT2D eigenvalue weighted by Gasteiger charge is 2.24. The van der Waals surface area contributed by atoms with Crippen LogP contribution in [-0.4, -0.2) is 56.1 Å². The van der Waals surface area contributed by atoms with Crippen molar-refractivity contribution in [1.82, 2.24) is 14.9 Å². The van der Waals surface area contributed by atoms with E-state index in [2.05, 4.69) is 57.1 Å². The van der Waals surface area contributed by atoms with Crippen LogP contribution in [-0.2, 0) is 17.2 Å². The summed E-state index contributed by atoms with van der Waals surface area (Å²) in [6, 6.07) is 6.25. The average molecular weight is 466 g/mol. The molecule has 0 atom stereocenters. The van der Waals surface area contributed by atoms with E-state index in [0.29, 0.717) is 5.41 Å². The van der Waals surface area contributed by atoms with Crippen LogP contribution >= 0.6 is 0 Å². The van der Waals surface area contributed by atoms with E-state index in [1.54, 1.807) is 0 Å². The van der Waals surface area contributed by atoms with Crippen LogP contribution in [0.4, 0.5) is 11.5 Å². The number of aromatic amines is 1. The lowest BCUT2D eigenvalue weighted by Gasteiger charge is -2.29. The Bertz CT molecular complexity index is 1120. The Balaban J connectivity index is 1.54. The van der Waals surface area contributed by atoms with Gasteiger partial charge in [0.15, 0.2) is 0 Å². The molecule has 1 aliphatic heterocycles. The van der Waals surface area contributed by atoms with Crippen LogP contribution in [0, 0.1) is 12.0 Å². The molecular weight excluding hydrogens is 434 g/mol. The van der Waals surface area contributed by atoms with Crippen molar-refractivity contribution in [3.8, 4) is 0 Å². The Morgan fingerprint density at radius 1 is 1.33 bits per heavy atom. The maximum Gasteiger partial charge on any atom is 0.314 e. The molecule has 0 unspecified atom stereocenters. The van der Waals surface area contributed by atoms with E-state index >= 15 is 0 Å². The Hall–Kier alpha value is -2.76. The van der Waals surface area contributed by atoms with Crippen LogP contribution in [0.5, 0.6) is 0 Å². The maximum absolute atomic E-state index is 12.8. The number of H-pyrrole nitrogens is 1. The van der Waals surface area contributed by atoms with E-state index in [0.717, 1.165) is 68.1 Å². The molecule has 0 radical (unpaired) electrons. The van der Waals surface area contributed by atoms with Gasteiger partial charge in [-0.1, -0.05) is 32.6 Å². The van der Waals surface area contributed by atoms with E-state index in [4.69, 9.17) is 6.57 Å². The minimum absolute atomic E-state index is 0.136. The molecule has 0 bridgehead atoms. The summed E-state index contributed by atoms with van der Waals surface area (Å²) >= 11 is 0. The number of amides is 1. The second-order valence-electron chi connectivity index (χ2n) is 9.60. The van der Waals surface area contributed by atoms with Crippen LogP contribution in [0.2, 0.25) is 0 Å². The quantitative estimate of drug-likeness (QED) is 0.619. The molecule has 1 saturated heterocycles. The number of allylic oxidation sites excluding steroid dienone is 2. The van der Waals surface area contributed by atoms with Crippen LogP contribution in [0.1, 0.15) is 54.9 Å². The molecule has 33 heavy (non-hydrogen) atoms. The Morgan fingerprint density at radius 2 is 2.12 bits per heavy atom. The minimum atomic E-state index is -0.660. The zero-order chi connectivity index (χ0) is 23.4. The van der Waals surface area contributed by atoms with Gasteiger partial charge in [-0.3, -0.25) is 14.0 Å². The Labute approximate surface area is 198 Å². The molecule has 174 valence electrons. The number of anilines is 1. The number of hydrogen-bond acceptors (Lipinski definition) is 4. The van der Waals surface area contributed by atoms with Crippen LogP contribution in [0.15, 0.2) is 30.5 Å². The van der Waals surface area contributed by atoms with Gasteiger partial charge in [0.05, 0.1) is 6.20 Å². The number of nitrogens with one attached hydrogen (secondary N) is 2. The highest BCUT2D eigenvalue weighted by molar-refractivity contribution is 7.85. The Morgan fingerprint density at radius 3 is 2.79 bits per heavy atom. The summed E-state index contributed by atoms with van der Waals surface area (Å²) in [4.78, 5) is 25.2. The molecule has 2 aliphatic rings. The largest absolute Gasteiger partial charge is 0.363 e. The topological polar surface area (TPSA) is 82.4 Å². The zero-order valence-corrected chi connectivity index (χ0v) is 20.1. The van der Waals surface area contributed by atoms with E-state index < -0.39 is 10.8 Å². The third-order valence-electron chi connectivity index (χ3n) is 6.54. The monoisotopic (exact) mass is 465 g/mol. The first-order valence-corrected chi connectivity index (χ1v) is 13.0. The molecule has 1 fully saturated rings. The van der Waals surface area contributed by atoms with E-state index in [1.165, 1.54) is 17.3 Å². The highest BCUT2D eigenvalue weighted by atomic mass is 32.2. The molecule has 0 saturated carbocycles. The van der Waals surface area contributed by atoms with Gasteiger partial charge >= 0.3 is 5.91 Å². The van der Waals surface area contributed by atoms with Crippen LogP contribution in [0.3, 0.4) is 0 Å². The van der Waals surface area contributed by atoms with Gasteiger partial charge in [0, 0.05) is 53.2 Å². The summed E-state index contributed by atoms with van der Waals surface area (Å²) < 4.78 is 11.6. The van der Waals surface area contributed by atoms with Crippen LogP contribution in [0.25, 0.3) is 10.4 Å². The number of aromatic nitrogens is 2. The van der Waals surface area contributed by atoms with E-state index in [-0.39, 0.29) is 17.5 Å². The molecule has 1 aliphatic carbocycles. The highest BCUT2D eigenvalue weighted by Crippen LogP contribution is 2.40. The van der Waals surface area contributed by atoms with Gasteiger partial charge in [0.1, 0.15) is 0 Å². The lowest BCUT2D eigenvalue weighted by atomic mass is 9.76. The molecule has 2 N–H and O–H groups in total. The predicted octanol–water partition coefficient (Wildman–Crippen LogP) is 4.41. The molecule has 1 aromatic heterocycles. The van der Waals surface area contributed by atoms with Gasteiger partial charge in [0.25, 0.3) is 5.82 Å². The number of rotatable bonds is 6. The molecule has 0 spiro atoms. The fourth-order valence-corrected chi connectivity index (χ4v) is 5.42. The van der Waals surface area contributed by atoms with E-state index in [9.17, 15) is 9.00 Å². The van der Waals surface area contributed by atoms with Gasteiger partial charge in [-0.25, -0.2) is 4.98 Å². The normalized spacial score (nSPS) is 19.0. The van der Waals surface area contributed by atoms with Crippen molar-refractivity contribution in [2.24, 2.45) is 5.41 Å². The SMILES string of the molecule is [C-]#[N+]c1cnc(C(=O)Nc2ccc(CCN3CCS(=O)CC3)cc2C2=CCC(C)(C)CC2)[nH]1. The van der Waals surface area contributed by atoms with Crippen molar-refractivity contribution >= 4 is 33.8 Å². The zero-order valence-electron chi connectivity index (χ0n) is 19.3. The third-order valence-corrected chi connectivity index (χ3v) is 7.81. The van der Waals surface area contributed by atoms with Crippen molar-refractivity contribution in [2.45, 2.75) is 39.5 Å². The maximum atomic E-state index is 12.8. The van der Waals surface area contributed by atoms with E-state index in [1.807, 2.05) is 6.07 Å². The predicted molar refractivity (Wildman–Crippen MR) is 133 cm³/mol. The summed E-state index contributed by atoms with van der Waals surface area (Å²) in [5.74, 6) is 1.56. The summed E-state index contributed by atoms with van der Waals surface area (Å²) in [6.07, 6.45) is 7.68. The summed E-state index contributed by atoms with van der Waals surface area (Å²) in [7, 11) is -0.660. The lowest BCUT2D eigenvalue weighted by Crippen LogP contribution is -2.38. The average Bonchev–Trinajstić information content (AvgIpc) is 3.29. The molecule has 2 heterocycles. The lowest BCUT2D eigenvalue weighted by molar-refractivity contribution is 0.101. The fourth-order valence-electron chi connectivity index (χ4n) is 4.29. The molecular formula is C25H31N5O2S. The molecule has 1 aromatic carbocycles. The summed E-state index contributed by atoms with van der Waals surface area (Å²) in [5.41, 5.74) is 4.62. The second kappa shape index (κ2) is 10.0. The molecule has 8 heteroatoms. The van der Waals surface area contributed by atoms with Gasteiger partial charge < -0.3 is 15.1 Å². The minimum Gasteiger partial charge on any atom is -0.363 e. The second-order valence-corrected chi connectivity index (χ2v) is 11.3. The third kappa shape index (κ3) is 5.98. The number of hydrogen-bond donors (Lipinski definition) is 2. The van der Waals surface area contributed by atoms with Crippen molar-refractivity contribution in [2.75, 3.05) is 36.5 Å². The fraction of sp³-hybridized carbons (Fsp3) is 0.480. The first kappa shape index (κ1) is 23.4. The van der Waals surface area contributed by atoms with Crippen LogP contribution < -0.4 is 5.32 Å². The summed E-state index contributed by atoms with van der Waals surface area (Å²) in [5, 5.41) is 3.00. The van der Waals surface area contributed by atoms with Gasteiger partial charge in [-0.05, 0) is 54.4 Å². The smallest absolute Gasteiger partial charge is 0.314 e. The number of carbonyl (C=O) groups is 1. The van der Waals surface area contributed by atoms with Gasteiger partial charge in [-0.15, -0.1) is 0 Å². The van der Waals surface area contributed by atoms with Gasteiger partial charge in [0.2, 0.25) is 5.82 Å².